The van der Waals surface area contributed by atoms with Gasteiger partial charge in [0.2, 0.25) is 5.91 Å². The van der Waals surface area contributed by atoms with E-state index in [0.29, 0.717) is 6.54 Å². The van der Waals surface area contributed by atoms with E-state index in [0.717, 1.165) is 25.9 Å². The number of amides is 1. The number of carbonyl (C=O) groups is 2. The fourth-order valence-electron chi connectivity index (χ4n) is 1.64. The number of aliphatic carboxylic acids is 1. The molecule has 5 nitrogen and oxygen atoms in total. The molecule has 1 amide bonds. The van der Waals surface area contributed by atoms with Gasteiger partial charge in [0.15, 0.2) is 0 Å². The minimum absolute atomic E-state index is 0.0608. The first kappa shape index (κ1) is 13.7. The standard InChI is InChI=1S/C12H19NO4/c1-8(9(2)12(15)16)11(14)13-7-10-5-3-4-6-17-10/h10H,3-7H2,1-2H3,(H,13,14)(H,15,16). The van der Waals surface area contributed by atoms with Gasteiger partial charge in [0.1, 0.15) is 0 Å². The number of hydrogen-bond acceptors (Lipinski definition) is 3. The predicted octanol–water partition coefficient (Wildman–Crippen LogP) is 1.09. The minimum atomic E-state index is -1.06. The van der Waals surface area contributed by atoms with E-state index in [1.165, 1.54) is 13.8 Å². The first-order valence-electron chi connectivity index (χ1n) is 5.83. The van der Waals surface area contributed by atoms with Gasteiger partial charge in [-0.25, -0.2) is 4.79 Å². The molecule has 1 fully saturated rings. The topological polar surface area (TPSA) is 75.6 Å². The van der Waals surface area contributed by atoms with Gasteiger partial charge in [0, 0.05) is 24.3 Å². The van der Waals surface area contributed by atoms with Crippen LogP contribution in [0.5, 0.6) is 0 Å². The van der Waals surface area contributed by atoms with Gasteiger partial charge < -0.3 is 15.2 Å². The summed E-state index contributed by atoms with van der Waals surface area (Å²) in [4.78, 5) is 22.3. The first-order valence-corrected chi connectivity index (χ1v) is 5.83. The Hall–Kier alpha value is -1.36. The highest BCUT2D eigenvalue weighted by atomic mass is 16.5. The van der Waals surface area contributed by atoms with Crippen molar-refractivity contribution in [2.24, 2.45) is 0 Å². The second-order valence-electron chi connectivity index (χ2n) is 4.25. The number of carbonyl (C=O) groups excluding carboxylic acids is 1. The van der Waals surface area contributed by atoms with Crippen LogP contribution in [0.2, 0.25) is 0 Å². The van der Waals surface area contributed by atoms with Gasteiger partial charge >= 0.3 is 5.97 Å². The molecule has 1 rings (SSSR count). The summed E-state index contributed by atoms with van der Waals surface area (Å²) in [5.74, 6) is -1.40. The molecule has 0 aliphatic carbocycles. The summed E-state index contributed by atoms with van der Waals surface area (Å²) in [5.41, 5.74) is 0.320. The summed E-state index contributed by atoms with van der Waals surface area (Å²) in [7, 11) is 0. The van der Waals surface area contributed by atoms with Crippen molar-refractivity contribution in [1.29, 1.82) is 0 Å². The lowest BCUT2D eigenvalue weighted by Gasteiger charge is -2.22. The molecule has 0 radical (unpaired) electrons. The fraction of sp³-hybridized carbons (Fsp3) is 0.667. The van der Waals surface area contributed by atoms with Crippen molar-refractivity contribution in [3.05, 3.63) is 11.1 Å². The average Bonchev–Trinajstić information content (AvgIpc) is 2.35. The lowest BCUT2D eigenvalue weighted by atomic mass is 10.1. The Kier molecular flexibility index (Phi) is 5.15. The molecule has 96 valence electrons. The lowest BCUT2D eigenvalue weighted by Crippen LogP contribution is -2.36. The Balaban J connectivity index is 2.43. The molecule has 1 saturated heterocycles. The maximum atomic E-state index is 11.6. The van der Waals surface area contributed by atoms with Crippen LogP contribution in [-0.4, -0.2) is 36.2 Å². The number of rotatable bonds is 4. The molecule has 0 bridgehead atoms. The van der Waals surface area contributed by atoms with Gasteiger partial charge in [0.25, 0.3) is 0 Å². The van der Waals surface area contributed by atoms with Crippen LogP contribution in [0.25, 0.3) is 0 Å². The second kappa shape index (κ2) is 6.39. The van der Waals surface area contributed by atoms with E-state index >= 15 is 0 Å². The Morgan fingerprint density at radius 2 is 2.00 bits per heavy atom. The lowest BCUT2D eigenvalue weighted by molar-refractivity contribution is -0.133. The van der Waals surface area contributed by atoms with Crippen molar-refractivity contribution >= 4 is 11.9 Å². The summed E-state index contributed by atoms with van der Waals surface area (Å²) in [6, 6.07) is 0. The maximum absolute atomic E-state index is 11.6. The molecule has 0 aromatic heterocycles. The van der Waals surface area contributed by atoms with Crippen molar-refractivity contribution < 1.29 is 19.4 Å². The van der Waals surface area contributed by atoms with Crippen molar-refractivity contribution in [3.8, 4) is 0 Å². The Labute approximate surface area is 101 Å². The monoisotopic (exact) mass is 241 g/mol. The number of hydrogen-bond donors (Lipinski definition) is 2. The van der Waals surface area contributed by atoms with E-state index in [9.17, 15) is 9.59 Å². The highest BCUT2D eigenvalue weighted by molar-refractivity contribution is 6.01. The van der Waals surface area contributed by atoms with Gasteiger partial charge in [-0.05, 0) is 33.1 Å². The van der Waals surface area contributed by atoms with Crippen LogP contribution in [0.4, 0.5) is 0 Å². The predicted molar refractivity (Wildman–Crippen MR) is 62.6 cm³/mol. The van der Waals surface area contributed by atoms with E-state index in [4.69, 9.17) is 9.84 Å². The van der Waals surface area contributed by atoms with Crippen molar-refractivity contribution in [3.63, 3.8) is 0 Å². The van der Waals surface area contributed by atoms with Crippen LogP contribution in [-0.2, 0) is 14.3 Å². The third-order valence-electron chi connectivity index (χ3n) is 2.99. The molecule has 1 heterocycles. The molecule has 0 saturated carbocycles. The zero-order valence-corrected chi connectivity index (χ0v) is 10.3. The van der Waals surface area contributed by atoms with Gasteiger partial charge in [-0.15, -0.1) is 0 Å². The smallest absolute Gasteiger partial charge is 0.331 e. The van der Waals surface area contributed by atoms with Crippen LogP contribution in [0.3, 0.4) is 0 Å². The molecule has 0 aromatic rings. The number of carboxylic acid groups (broad SMARTS) is 1. The largest absolute Gasteiger partial charge is 0.478 e. The highest BCUT2D eigenvalue weighted by Crippen LogP contribution is 2.12. The number of nitrogens with one attached hydrogen (secondary N) is 1. The SMILES string of the molecule is CC(C(=O)O)=C(C)C(=O)NCC1CCCCO1. The molecule has 0 spiro atoms. The summed E-state index contributed by atoms with van der Waals surface area (Å²) in [5, 5.41) is 11.5. The van der Waals surface area contributed by atoms with E-state index in [1.807, 2.05) is 0 Å². The molecular formula is C12H19NO4. The molecule has 1 aliphatic heterocycles. The molecule has 0 aromatic carbocycles. The second-order valence-corrected chi connectivity index (χ2v) is 4.25. The average molecular weight is 241 g/mol. The summed E-state index contributed by atoms with van der Waals surface area (Å²) < 4.78 is 5.47. The van der Waals surface area contributed by atoms with Crippen LogP contribution in [0, 0.1) is 0 Å². The van der Waals surface area contributed by atoms with Crippen LogP contribution in [0.15, 0.2) is 11.1 Å². The quantitative estimate of drug-likeness (QED) is 0.722. The Morgan fingerprint density at radius 1 is 1.29 bits per heavy atom. The highest BCUT2D eigenvalue weighted by Gasteiger charge is 2.17. The number of ether oxygens (including phenoxy) is 1. The van der Waals surface area contributed by atoms with Gasteiger partial charge in [-0.3, -0.25) is 4.79 Å². The van der Waals surface area contributed by atoms with Crippen molar-refractivity contribution in [1.82, 2.24) is 5.32 Å². The Bertz CT molecular complexity index is 329. The zero-order valence-electron chi connectivity index (χ0n) is 10.3. The van der Waals surface area contributed by atoms with Crippen LogP contribution >= 0.6 is 0 Å². The molecule has 2 N–H and O–H groups in total. The van der Waals surface area contributed by atoms with E-state index in [-0.39, 0.29) is 23.2 Å². The minimum Gasteiger partial charge on any atom is -0.478 e. The van der Waals surface area contributed by atoms with E-state index < -0.39 is 5.97 Å². The van der Waals surface area contributed by atoms with Gasteiger partial charge in [0.05, 0.1) is 6.10 Å². The van der Waals surface area contributed by atoms with Gasteiger partial charge in [-0.2, -0.15) is 0 Å². The summed E-state index contributed by atoms with van der Waals surface area (Å²) in [6.07, 6.45) is 3.19. The molecule has 1 atom stereocenters. The molecule has 1 unspecified atom stereocenters. The molecule has 5 heteroatoms. The van der Waals surface area contributed by atoms with E-state index in [1.54, 1.807) is 0 Å². The summed E-state index contributed by atoms with van der Waals surface area (Å²) in [6.45, 7) is 4.13. The van der Waals surface area contributed by atoms with Crippen LogP contribution in [0.1, 0.15) is 33.1 Å². The van der Waals surface area contributed by atoms with Gasteiger partial charge in [-0.1, -0.05) is 0 Å². The molecular weight excluding hydrogens is 222 g/mol. The molecule has 17 heavy (non-hydrogen) atoms. The normalized spacial score (nSPS) is 21.6. The fourth-order valence-corrected chi connectivity index (χ4v) is 1.64. The number of carboxylic acids is 1. The van der Waals surface area contributed by atoms with E-state index in [2.05, 4.69) is 5.32 Å². The molecule has 1 aliphatic rings. The Morgan fingerprint density at radius 3 is 2.53 bits per heavy atom. The first-order chi connectivity index (χ1) is 8.02. The third-order valence-corrected chi connectivity index (χ3v) is 2.99. The summed E-state index contributed by atoms with van der Waals surface area (Å²) >= 11 is 0. The van der Waals surface area contributed by atoms with Crippen LogP contribution < -0.4 is 5.32 Å². The maximum Gasteiger partial charge on any atom is 0.331 e. The van der Waals surface area contributed by atoms with Crippen molar-refractivity contribution in [2.75, 3.05) is 13.2 Å². The third kappa shape index (κ3) is 4.19. The van der Waals surface area contributed by atoms with Crippen molar-refractivity contribution in [2.45, 2.75) is 39.2 Å². The zero-order chi connectivity index (χ0) is 12.8.